The van der Waals surface area contributed by atoms with Gasteiger partial charge in [0, 0.05) is 34.0 Å². The van der Waals surface area contributed by atoms with Crippen molar-refractivity contribution in [3.8, 4) is 0 Å². The van der Waals surface area contributed by atoms with Gasteiger partial charge in [-0.15, -0.1) is 0 Å². The van der Waals surface area contributed by atoms with Gasteiger partial charge in [-0.05, 0) is 6.08 Å². The molecular formula is C12H24O5Si2. The van der Waals surface area contributed by atoms with Crippen molar-refractivity contribution >= 4 is 22.8 Å². The van der Waals surface area contributed by atoms with E-state index >= 15 is 0 Å². The number of ether oxygens (including phenoxy) is 1. The Bertz CT molecular complexity index is 321. The molecule has 0 heterocycles. The minimum Gasteiger partial charge on any atom is -0.430 e. The largest absolute Gasteiger partial charge is 0.500 e. The van der Waals surface area contributed by atoms with Gasteiger partial charge in [0.25, 0.3) is 0 Å². The third-order valence-corrected chi connectivity index (χ3v) is 10.1. The summed E-state index contributed by atoms with van der Waals surface area (Å²) < 4.78 is 21.7. The molecule has 0 N–H and O–H groups in total. The summed E-state index contributed by atoms with van der Waals surface area (Å²) >= 11 is 0. The number of carbonyl (C=O) groups is 1. The molecule has 0 saturated heterocycles. The number of hydrogen-bond acceptors (Lipinski definition) is 5. The predicted octanol–water partition coefficient (Wildman–Crippen LogP) is 2.35. The molecule has 0 fully saturated rings. The average molecular weight is 304 g/mol. The molecule has 0 spiro atoms. The number of hydrogen-bond donors (Lipinski definition) is 0. The number of carbonyl (C=O) groups excluding carboxylic acids is 1. The first-order chi connectivity index (χ1) is 8.71. The van der Waals surface area contributed by atoms with Crippen LogP contribution in [0.15, 0.2) is 25.3 Å². The summed E-state index contributed by atoms with van der Waals surface area (Å²) in [6.07, 6.45) is 1.57. The molecule has 0 aromatic heterocycles. The van der Waals surface area contributed by atoms with Gasteiger partial charge in [0.15, 0.2) is 0 Å². The molecule has 0 aliphatic heterocycles. The summed E-state index contributed by atoms with van der Waals surface area (Å²) in [4.78, 5) is 11.2. The van der Waals surface area contributed by atoms with E-state index in [1.54, 1.807) is 14.2 Å². The van der Waals surface area contributed by atoms with Crippen LogP contribution in [-0.2, 0) is 22.8 Å². The van der Waals surface area contributed by atoms with Gasteiger partial charge in [-0.25, -0.2) is 4.79 Å². The fraction of sp³-hybridized carbons (Fsp3) is 0.583. The van der Waals surface area contributed by atoms with E-state index in [1.165, 1.54) is 6.08 Å². The van der Waals surface area contributed by atoms with Crippen LogP contribution in [0.1, 0.15) is 0 Å². The van der Waals surface area contributed by atoms with Crippen molar-refractivity contribution in [2.75, 3.05) is 14.2 Å². The molecule has 5 nitrogen and oxygen atoms in total. The van der Waals surface area contributed by atoms with Crippen molar-refractivity contribution < 1.29 is 22.8 Å². The quantitative estimate of drug-likeness (QED) is 0.215. The maximum Gasteiger partial charge on any atom is 0.500 e. The van der Waals surface area contributed by atoms with Gasteiger partial charge in [0.05, 0.1) is 0 Å². The smallest absolute Gasteiger partial charge is 0.430 e. The summed E-state index contributed by atoms with van der Waals surface area (Å²) in [7, 11) is -1.24. The highest BCUT2D eigenvalue weighted by Crippen LogP contribution is 2.24. The van der Waals surface area contributed by atoms with E-state index in [1.807, 2.05) is 0 Å². The van der Waals surface area contributed by atoms with Crippen molar-refractivity contribution in [2.24, 2.45) is 0 Å². The topological polar surface area (TPSA) is 54.0 Å². The molecule has 1 unspecified atom stereocenters. The van der Waals surface area contributed by atoms with E-state index in [9.17, 15) is 4.79 Å². The van der Waals surface area contributed by atoms with Crippen LogP contribution in [0.25, 0.3) is 0 Å². The second kappa shape index (κ2) is 7.76. The summed E-state index contributed by atoms with van der Waals surface area (Å²) in [6, 6.07) is 0. The van der Waals surface area contributed by atoms with Crippen LogP contribution >= 0.6 is 0 Å². The first-order valence-electron chi connectivity index (χ1n) is 5.95. The van der Waals surface area contributed by atoms with Gasteiger partial charge < -0.3 is 18.0 Å². The molecule has 1 atom stereocenters. The lowest BCUT2D eigenvalue weighted by atomic mass is 10.6. The Morgan fingerprint density at radius 2 is 1.74 bits per heavy atom. The molecule has 0 aliphatic carbocycles. The van der Waals surface area contributed by atoms with Crippen LogP contribution < -0.4 is 0 Å². The normalized spacial score (nSPS) is 13.7. The molecule has 110 valence electrons. The van der Waals surface area contributed by atoms with Crippen molar-refractivity contribution in [1.82, 2.24) is 0 Å². The lowest BCUT2D eigenvalue weighted by Crippen LogP contribution is -2.52. The molecule has 0 bridgehead atoms. The first-order valence-corrected chi connectivity index (χ1v) is 11.6. The third-order valence-electron chi connectivity index (χ3n) is 2.26. The lowest BCUT2D eigenvalue weighted by molar-refractivity contribution is -0.156. The Balaban J connectivity index is 4.92. The van der Waals surface area contributed by atoms with Crippen LogP contribution in [0.2, 0.25) is 25.3 Å². The highest BCUT2D eigenvalue weighted by atomic mass is 28.4. The Morgan fingerprint density at radius 1 is 1.21 bits per heavy atom. The monoisotopic (exact) mass is 304 g/mol. The zero-order valence-corrected chi connectivity index (χ0v) is 14.4. The molecule has 0 radical (unpaired) electrons. The Kier molecular flexibility index (Phi) is 7.46. The zero-order chi connectivity index (χ0) is 15.1. The molecule has 0 aliphatic rings. The maximum absolute atomic E-state index is 11.2. The van der Waals surface area contributed by atoms with E-state index in [0.29, 0.717) is 0 Å². The molecule has 19 heavy (non-hydrogen) atoms. The Morgan fingerprint density at radius 3 is 2.05 bits per heavy atom. The van der Waals surface area contributed by atoms with Gasteiger partial charge in [-0.3, -0.25) is 0 Å². The molecule has 0 aromatic rings. The lowest BCUT2D eigenvalue weighted by Gasteiger charge is -2.33. The van der Waals surface area contributed by atoms with Gasteiger partial charge >= 0.3 is 14.8 Å². The number of esters is 1. The van der Waals surface area contributed by atoms with E-state index in [2.05, 4.69) is 32.8 Å². The summed E-state index contributed by atoms with van der Waals surface area (Å²) in [6.45, 7) is 13.5. The van der Waals surface area contributed by atoms with Gasteiger partial charge in [0.1, 0.15) is 0 Å². The van der Waals surface area contributed by atoms with Crippen LogP contribution in [0.5, 0.6) is 0 Å². The number of rotatable bonds is 9. The van der Waals surface area contributed by atoms with Crippen molar-refractivity contribution in [2.45, 2.75) is 31.6 Å². The van der Waals surface area contributed by atoms with Crippen LogP contribution in [0.4, 0.5) is 0 Å². The Hall–Kier alpha value is -0.736. The zero-order valence-electron chi connectivity index (χ0n) is 12.4. The third kappa shape index (κ3) is 6.83. The van der Waals surface area contributed by atoms with E-state index in [4.69, 9.17) is 18.0 Å². The van der Waals surface area contributed by atoms with Crippen molar-refractivity contribution in [1.29, 1.82) is 0 Å². The molecule has 0 rings (SSSR count). The molecular weight excluding hydrogens is 280 g/mol. The second-order valence-electron chi connectivity index (χ2n) is 5.19. The van der Waals surface area contributed by atoms with Gasteiger partial charge in [-0.1, -0.05) is 32.8 Å². The van der Waals surface area contributed by atoms with Crippen molar-refractivity contribution in [3.05, 3.63) is 25.3 Å². The summed E-state index contributed by atoms with van der Waals surface area (Å²) in [5, 5.41) is 0. The maximum atomic E-state index is 11.2. The van der Waals surface area contributed by atoms with Crippen LogP contribution in [-0.4, -0.2) is 43.4 Å². The average Bonchev–Trinajstić information content (AvgIpc) is 2.35. The fourth-order valence-electron chi connectivity index (χ4n) is 1.47. The van der Waals surface area contributed by atoms with Crippen LogP contribution in [0.3, 0.4) is 0 Å². The highest BCUT2D eigenvalue weighted by molar-refractivity contribution is 6.88. The van der Waals surface area contributed by atoms with E-state index in [-0.39, 0.29) is 0 Å². The van der Waals surface area contributed by atoms with Crippen LogP contribution in [0, 0.1) is 0 Å². The molecule has 7 heteroatoms. The fourth-order valence-corrected chi connectivity index (χ4v) is 9.02. The first kappa shape index (κ1) is 18.3. The highest BCUT2D eigenvalue weighted by Gasteiger charge is 2.45. The molecule has 0 aromatic carbocycles. The second-order valence-corrected chi connectivity index (χ2v) is 14.1. The standard InChI is InChI=1S/C12H24O5Si2/c1-8-11(13)16-12(9-2)17-19(14-3,15-4)10-18(5,6)7/h8-9,12H,1-2,10H2,3-7H3. The summed E-state index contributed by atoms with van der Waals surface area (Å²) in [5.74, 6) is -0.576. The van der Waals surface area contributed by atoms with Gasteiger partial charge in [0.2, 0.25) is 6.29 Å². The minimum absolute atomic E-state index is 0.576. The Labute approximate surface area is 117 Å². The SMILES string of the molecule is C=CC(=O)OC(C=C)O[Si](C[Si](C)(C)C)(OC)OC. The van der Waals surface area contributed by atoms with E-state index in [0.717, 1.165) is 11.7 Å². The van der Waals surface area contributed by atoms with E-state index < -0.39 is 29.1 Å². The minimum atomic E-state index is -2.86. The summed E-state index contributed by atoms with van der Waals surface area (Å²) in [5.41, 5.74) is 0.725. The molecule has 0 amide bonds. The predicted molar refractivity (Wildman–Crippen MR) is 79.3 cm³/mol. The molecule has 0 saturated carbocycles. The van der Waals surface area contributed by atoms with Gasteiger partial charge in [-0.2, -0.15) is 0 Å². The van der Waals surface area contributed by atoms with Crippen molar-refractivity contribution in [3.63, 3.8) is 0 Å².